The Morgan fingerprint density at radius 2 is 1.94 bits per heavy atom. The Kier molecular flexibility index (Phi) is 7.74. The van der Waals surface area contributed by atoms with Crippen molar-refractivity contribution in [1.29, 1.82) is 0 Å². The highest BCUT2D eigenvalue weighted by Gasteiger charge is 2.21. The number of aryl methyl sites for hydroxylation is 2. The van der Waals surface area contributed by atoms with E-state index in [0.717, 1.165) is 42.2 Å². The zero-order valence-corrected chi connectivity index (χ0v) is 19.2. The van der Waals surface area contributed by atoms with Gasteiger partial charge < -0.3 is 18.9 Å². The maximum Gasteiger partial charge on any atom is 0.246 e. The number of benzene rings is 1. The fourth-order valence-corrected chi connectivity index (χ4v) is 3.51. The molecule has 7 heteroatoms. The normalized spacial score (nSPS) is 15.1. The molecule has 0 atom stereocenters. The molecule has 7 nitrogen and oxygen atoms in total. The monoisotopic (exact) mass is 427 g/mol. The number of carbonyl (C=O) groups excluding carboxylic acids is 1. The molecule has 0 aliphatic carbocycles. The quantitative estimate of drug-likeness (QED) is 0.599. The molecule has 0 radical (unpaired) electrons. The highest BCUT2D eigenvalue weighted by atomic mass is 16.5. The minimum atomic E-state index is 0.0242. The first-order chi connectivity index (χ1) is 14.9. The Hall–Kier alpha value is -2.80. The van der Waals surface area contributed by atoms with Crippen LogP contribution in [0.2, 0.25) is 0 Å². The van der Waals surface area contributed by atoms with E-state index in [1.807, 2.05) is 43.0 Å². The van der Waals surface area contributed by atoms with E-state index in [2.05, 4.69) is 23.9 Å². The lowest BCUT2D eigenvalue weighted by atomic mass is 10.1. The van der Waals surface area contributed by atoms with Crippen LogP contribution in [0.1, 0.15) is 36.4 Å². The number of nitrogens with zero attached hydrogens (tertiary/aromatic N) is 3. The zero-order chi connectivity index (χ0) is 22.4. The number of hydrogen-bond acceptors (Lipinski definition) is 6. The van der Waals surface area contributed by atoms with Gasteiger partial charge in [-0.25, -0.2) is 0 Å². The van der Waals surface area contributed by atoms with Gasteiger partial charge in [0, 0.05) is 44.4 Å². The third-order valence-corrected chi connectivity index (χ3v) is 5.43. The van der Waals surface area contributed by atoms with Crippen LogP contribution in [-0.2, 0) is 11.3 Å². The Balaban J connectivity index is 1.53. The molecule has 1 amide bonds. The van der Waals surface area contributed by atoms with Gasteiger partial charge in [0.15, 0.2) is 11.5 Å². The second-order valence-electron chi connectivity index (χ2n) is 8.35. The van der Waals surface area contributed by atoms with Crippen molar-refractivity contribution in [3.05, 3.63) is 46.9 Å². The van der Waals surface area contributed by atoms with Crippen LogP contribution < -0.4 is 9.47 Å². The lowest BCUT2D eigenvalue weighted by molar-refractivity contribution is -0.127. The number of carbonyl (C=O) groups is 1. The van der Waals surface area contributed by atoms with Gasteiger partial charge in [-0.05, 0) is 43.5 Å². The number of hydrogen-bond donors (Lipinski definition) is 0. The largest absolute Gasteiger partial charge is 0.493 e. The van der Waals surface area contributed by atoms with E-state index in [1.54, 1.807) is 13.2 Å². The Morgan fingerprint density at radius 1 is 1.19 bits per heavy atom. The molecule has 1 aliphatic heterocycles. The van der Waals surface area contributed by atoms with Crippen molar-refractivity contribution >= 4 is 12.0 Å². The van der Waals surface area contributed by atoms with Crippen LogP contribution in [0.5, 0.6) is 11.5 Å². The molecule has 3 rings (SSSR count). The molecule has 0 unspecified atom stereocenters. The van der Waals surface area contributed by atoms with E-state index >= 15 is 0 Å². The molecule has 0 bridgehead atoms. The summed E-state index contributed by atoms with van der Waals surface area (Å²) in [6.07, 6.45) is 3.46. The molecule has 31 heavy (non-hydrogen) atoms. The molecule has 1 fully saturated rings. The smallest absolute Gasteiger partial charge is 0.246 e. The first kappa shape index (κ1) is 22.9. The minimum Gasteiger partial charge on any atom is -0.493 e. The van der Waals surface area contributed by atoms with Gasteiger partial charge >= 0.3 is 0 Å². The van der Waals surface area contributed by atoms with Crippen LogP contribution >= 0.6 is 0 Å². The van der Waals surface area contributed by atoms with Gasteiger partial charge in [-0.3, -0.25) is 9.69 Å². The van der Waals surface area contributed by atoms with E-state index in [1.165, 1.54) is 0 Å². The van der Waals surface area contributed by atoms with Crippen molar-refractivity contribution in [2.24, 2.45) is 5.92 Å². The van der Waals surface area contributed by atoms with Crippen LogP contribution in [-0.4, -0.2) is 60.8 Å². The molecule has 0 saturated carbocycles. The van der Waals surface area contributed by atoms with Crippen LogP contribution in [0.25, 0.3) is 6.08 Å². The molecule has 1 aromatic heterocycles. The summed E-state index contributed by atoms with van der Waals surface area (Å²) in [5, 5.41) is 4.02. The second-order valence-corrected chi connectivity index (χ2v) is 8.35. The van der Waals surface area contributed by atoms with Crippen molar-refractivity contribution in [3.8, 4) is 11.5 Å². The second kappa shape index (κ2) is 10.5. The molecule has 1 saturated heterocycles. The van der Waals surface area contributed by atoms with E-state index in [-0.39, 0.29) is 5.91 Å². The van der Waals surface area contributed by atoms with Gasteiger partial charge in [0.1, 0.15) is 5.76 Å². The molecule has 168 valence electrons. The van der Waals surface area contributed by atoms with Gasteiger partial charge in [0.25, 0.3) is 0 Å². The number of rotatable bonds is 8. The number of methoxy groups -OCH3 is 1. The maximum absolute atomic E-state index is 12.6. The average molecular weight is 428 g/mol. The van der Waals surface area contributed by atoms with E-state index in [0.29, 0.717) is 37.1 Å². The van der Waals surface area contributed by atoms with Gasteiger partial charge in [-0.2, -0.15) is 0 Å². The van der Waals surface area contributed by atoms with Crippen LogP contribution in [0.3, 0.4) is 0 Å². The summed E-state index contributed by atoms with van der Waals surface area (Å²) in [7, 11) is 1.62. The molecular formula is C24H33N3O4. The third-order valence-electron chi connectivity index (χ3n) is 5.43. The SMILES string of the molecule is COc1cc(/C=C/C(=O)N2CCN(Cc3c(C)noc3C)CC2)ccc1OCC(C)C. The van der Waals surface area contributed by atoms with E-state index in [4.69, 9.17) is 14.0 Å². The van der Waals surface area contributed by atoms with Crippen LogP contribution in [0.15, 0.2) is 28.8 Å². The summed E-state index contributed by atoms with van der Waals surface area (Å²) in [5.74, 6) is 2.72. The Bertz CT molecular complexity index is 892. The van der Waals surface area contributed by atoms with Gasteiger partial charge in [-0.1, -0.05) is 25.1 Å². The van der Waals surface area contributed by atoms with Gasteiger partial charge in [0.05, 0.1) is 19.4 Å². The molecule has 1 aromatic carbocycles. The van der Waals surface area contributed by atoms with Crippen molar-refractivity contribution in [2.75, 3.05) is 39.9 Å². The molecule has 2 heterocycles. The lowest BCUT2D eigenvalue weighted by Crippen LogP contribution is -2.47. The highest BCUT2D eigenvalue weighted by molar-refractivity contribution is 5.92. The third kappa shape index (κ3) is 6.10. The summed E-state index contributed by atoms with van der Waals surface area (Å²) >= 11 is 0. The molecule has 0 spiro atoms. The van der Waals surface area contributed by atoms with Crippen LogP contribution in [0, 0.1) is 19.8 Å². The lowest BCUT2D eigenvalue weighted by Gasteiger charge is -2.34. The first-order valence-electron chi connectivity index (χ1n) is 10.8. The van der Waals surface area contributed by atoms with Crippen molar-refractivity contribution in [3.63, 3.8) is 0 Å². The Labute approximate surface area is 184 Å². The van der Waals surface area contributed by atoms with Gasteiger partial charge in [-0.15, -0.1) is 0 Å². The molecule has 2 aromatic rings. The summed E-state index contributed by atoms with van der Waals surface area (Å²) in [4.78, 5) is 16.9. The number of piperazine rings is 1. The molecule has 1 aliphatic rings. The van der Waals surface area contributed by atoms with Crippen LogP contribution in [0.4, 0.5) is 0 Å². The fourth-order valence-electron chi connectivity index (χ4n) is 3.51. The first-order valence-corrected chi connectivity index (χ1v) is 10.8. The maximum atomic E-state index is 12.6. The number of aromatic nitrogens is 1. The van der Waals surface area contributed by atoms with E-state index in [9.17, 15) is 4.79 Å². The standard InChI is InChI=1S/C24H33N3O4/c1-17(2)16-30-22-8-6-20(14-23(22)29-5)7-9-24(28)27-12-10-26(11-13-27)15-21-18(3)25-31-19(21)4/h6-9,14,17H,10-13,15-16H2,1-5H3/b9-7+. The predicted octanol–water partition coefficient (Wildman–Crippen LogP) is 3.69. The Morgan fingerprint density at radius 3 is 2.55 bits per heavy atom. The summed E-state index contributed by atoms with van der Waals surface area (Å²) in [6.45, 7) is 12.6. The summed E-state index contributed by atoms with van der Waals surface area (Å²) < 4.78 is 16.5. The summed E-state index contributed by atoms with van der Waals surface area (Å²) in [5.41, 5.74) is 2.99. The van der Waals surface area contributed by atoms with Crippen molar-refractivity contribution in [1.82, 2.24) is 15.0 Å². The predicted molar refractivity (Wildman–Crippen MR) is 120 cm³/mol. The number of ether oxygens (including phenoxy) is 2. The van der Waals surface area contributed by atoms with E-state index < -0.39 is 0 Å². The average Bonchev–Trinajstić information content (AvgIpc) is 3.08. The zero-order valence-electron chi connectivity index (χ0n) is 19.2. The highest BCUT2D eigenvalue weighted by Crippen LogP contribution is 2.29. The molecular weight excluding hydrogens is 394 g/mol. The fraction of sp³-hybridized carbons (Fsp3) is 0.500. The summed E-state index contributed by atoms with van der Waals surface area (Å²) in [6, 6.07) is 5.71. The molecule has 0 N–H and O–H groups in total. The van der Waals surface area contributed by atoms with Crippen molar-refractivity contribution in [2.45, 2.75) is 34.2 Å². The van der Waals surface area contributed by atoms with Gasteiger partial charge in [0.2, 0.25) is 5.91 Å². The number of amides is 1. The topological polar surface area (TPSA) is 68.0 Å². The minimum absolute atomic E-state index is 0.0242. The van der Waals surface area contributed by atoms with Crippen molar-refractivity contribution < 1.29 is 18.8 Å².